The van der Waals surface area contributed by atoms with Crippen LogP contribution in [-0.2, 0) is 9.47 Å². The quantitative estimate of drug-likeness (QED) is 0.554. The highest BCUT2D eigenvalue weighted by Crippen LogP contribution is 2.20. The smallest absolute Gasteiger partial charge is 0.0813 e. The van der Waals surface area contributed by atoms with Crippen LogP contribution in [0.3, 0.4) is 0 Å². The lowest BCUT2D eigenvalue weighted by Gasteiger charge is -2.18. The van der Waals surface area contributed by atoms with Crippen LogP contribution in [0.4, 0.5) is 0 Å². The van der Waals surface area contributed by atoms with Gasteiger partial charge in [-0.25, -0.2) is 0 Å². The first kappa shape index (κ1) is 17.9. The molecule has 20 heavy (non-hydrogen) atoms. The van der Waals surface area contributed by atoms with Crippen LogP contribution < -0.4 is 5.32 Å². The monoisotopic (exact) mass is 285 g/mol. The highest BCUT2D eigenvalue weighted by atomic mass is 16.5. The molecule has 1 aliphatic rings. The minimum absolute atomic E-state index is 0.326. The molecule has 0 amide bonds. The van der Waals surface area contributed by atoms with Crippen molar-refractivity contribution in [1.82, 2.24) is 5.32 Å². The Labute approximate surface area is 125 Å². The van der Waals surface area contributed by atoms with Gasteiger partial charge >= 0.3 is 0 Å². The van der Waals surface area contributed by atoms with Crippen molar-refractivity contribution in [1.29, 1.82) is 0 Å². The van der Waals surface area contributed by atoms with Crippen LogP contribution in [0, 0.1) is 5.92 Å². The Morgan fingerprint density at radius 3 is 2.65 bits per heavy atom. The Morgan fingerprint density at radius 2 is 1.95 bits per heavy atom. The molecule has 0 aliphatic carbocycles. The number of nitrogens with one attached hydrogen (secondary N) is 1. The molecule has 1 rings (SSSR count). The van der Waals surface area contributed by atoms with Crippen molar-refractivity contribution in [2.24, 2.45) is 5.92 Å². The van der Waals surface area contributed by atoms with Crippen LogP contribution in [0.15, 0.2) is 0 Å². The van der Waals surface area contributed by atoms with E-state index in [9.17, 15) is 0 Å². The molecule has 3 unspecified atom stereocenters. The molecule has 0 radical (unpaired) electrons. The van der Waals surface area contributed by atoms with Gasteiger partial charge in [-0.2, -0.15) is 0 Å². The van der Waals surface area contributed by atoms with Gasteiger partial charge in [-0.1, -0.05) is 40.0 Å². The molecule has 0 saturated carbocycles. The zero-order chi connectivity index (χ0) is 14.6. The first-order valence-corrected chi connectivity index (χ1v) is 8.73. The van der Waals surface area contributed by atoms with Gasteiger partial charge in [-0.05, 0) is 38.1 Å². The van der Waals surface area contributed by atoms with Crippen LogP contribution >= 0.6 is 0 Å². The summed E-state index contributed by atoms with van der Waals surface area (Å²) < 4.78 is 11.9. The Morgan fingerprint density at radius 1 is 1.15 bits per heavy atom. The van der Waals surface area contributed by atoms with E-state index in [0.717, 1.165) is 38.6 Å². The van der Waals surface area contributed by atoms with Gasteiger partial charge in [-0.3, -0.25) is 0 Å². The fourth-order valence-corrected chi connectivity index (χ4v) is 2.76. The maximum absolute atomic E-state index is 6.02. The average Bonchev–Trinajstić information content (AvgIpc) is 2.91. The lowest BCUT2D eigenvalue weighted by molar-refractivity contribution is -0.0229. The van der Waals surface area contributed by atoms with Crippen molar-refractivity contribution in [2.45, 2.75) is 77.9 Å². The second-order valence-corrected chi connectivity index (χ2v) is 6.12. The third-order valence-electron chi connectivity index (χ3n) is 4.19. The summed E-state index contributed by atoms with van der Waals surface area (Å²) >= 11 is 0. The maximum atomic E-state index is 6.02. The highest BCUT2D eigenvalue weighted by molar-refractivity contribution is 4.75. The highest BCUT2D eigenvalue weighted by Gasteiger charge is 2.25. The lowest BCUT2D eigenvalue weighted by atomic mass is 10.0. The van der Waals surface area contributed by atoms with Gasteiger partial charge in [0.05, 0.1) is 18.8 Å². The van der Waals surface area contributed by atoms with Crippen LogP contribution in [0.1, 0.15) is 65.7 Å². The van der Waals surface area contributed by atoms with Crippen molar-refractivity contribution in [3.05, 3.63) is 0 Å². The fourth-order valence-electron chi connectivity index (χ4n) is 2.76. The number of hydrogen-bond donors (Lipinski definition) is 1. The lowest BCUT2D eigenvalue weighted by Crippen LogP contribution is -2.28. The Balaban J connectivity index is 2.05. The molecule has 1 fully saturated rings. The molecule has 1 saturated heterocycles. The molecule has 0 aromatic carbocycles. The normalized spacial score (nSPS) is 24.1. The zero-order valence-electron chi connectivity index (χ0n) is 13.8. The second kappa shape index (κ2) is 11.5. The second-order valence-electron chi connectivity index (χ2n) is 6.12. The summed E-state index contributed by atoms with van der Waals surface area (Å²) in [5, 5.41) is 3.44. The van der Waals surface area contributed by atoms with E-state index >= 15 is 0 Å². The molecule has 1 heterocycles. The predicted molar refractivity (Wildman–Crippen MR) is 85.2 cm³/mol. The van der Waals surface area contributed by atoms with Gasteiger partial charge in [0.15, 0.2) is 0 Å². The SMILES string of the molecule is CCCCC(CC)COCC1CCC(CNCCC)O1. The number of rotatable bonds is 12. The van der Waals surface area contributed by atoms with Gasteiger partial charge < -0.3 is 14.8 Å². The van der Waals surface area contributed by atoms with E-state index in [1.165, 1.54) is 38.5 Å². The van der Waals surface area contributed by atoms with Gasteiger partial charge in [0.25, 0.3) is 0 Å². The van der Waals surface area contributed by atoms with Gasteiger partial charge in [0.2, 0.25) is 0 Å². The Kier molecular flexibility index (Phi) is 10.3. The number of unbranched alkanes of at least 4 members (excludes halogenated alkanes) is 1. The molecule has 120 valence electrons. The van der Waals surface area contributed by atoms with Crippen molar-refractivity contribution < 1.29 is 9.47 Å². The van der Waals surface area contributed by atoms with Gasteiger partial charge in [0, 0.05) is 13.2 Å². The predicted octanol–water partition coefficient (Wildman–Crippen LogP) is 3.77. The minimum atomic E-state index is 0.326. The minimum Gasteiger partial charge on any atom is -0.378 e. The first-order chi connectivity index (χ1) is 9.80. The summed E-state index contributed by atoms with van der Waals surface area (Å²) in [5.41, 5.74) is 0. The zero-order valence-corrected chi connectivity index (χ0v) is 13.8. The van der Waals surface area contributed by atoms with Crippen LogP contribution in [0.25, 0.3) is 0 Å². The summed E-state index contributed by atoms with van der Waals surface area (Å²) in [4.78, 5) is 0. The summed E-state index contributed by atoms with van der Waals surface area (Å²) in [6.07, 6.45) is 9.40. The van der Waals surface area contributed by atoms with E-state index < -0.39 is 0 Å². The molecule has 3 nitrogen and oxygen atoms in total. The molecule has 0 spiro atoms. The van der Waals surface area contributed by atoms with E-state index in [0.29, 0.717) is 12.2 Å². The largest absolute Gasteiger partial charge is 0.378 e. The number of hydrogen-bond acceptors (Lipinski definition) is 3. The molecule has 0 bridgehead atoms. The molecular weight excluding hydrogens is 250 g/mol. The maximum Gasteiger partial charge on any atom is 0.0813 e. The summed E-state index contributed by atoms with van der Waals surface area (Å²) in [5.74, 6) is 0.735. The van der Waals surface area contributed by atoms with Crippen molar-refractivity contribution in [2.75, 3.05) is 26.3 Å². The molecule has 3 atom stereocenters. The van der Waals surface area contributed by atoms with E-state index in [-0.39, 0.29) is 0 Å². The van der Waals surface area contributed by atoms with Crippen LogP contribution in [-0.4, -0.2) is 38.5 Å². The van der Waals surface area contributed by atoms with Crippen LogP contribution in [0.5, 0.6) is 0 Å². The third-order valence-corrected chi connectivity index (χ3v) is 4.19. The van der Waals surface area contributed by atoms with Crippen molar-refractivity contribution in [3.8, 4) is 0 Å². The molecule has 0 aromatic rings. The fraction of sp³-hybridized carbons (Fsp3) is 1.00. The Bertz CT molecular complexity index is 223. The summed E-state index contributed by atoms with van der Waals surface area (Å²) in [6.45, 7) is 10.5. The standard InChI is InChI=1S/C17H35NO2/c1-4-7-8-15(6-3)13-19-14-17-10-9-16(20-17)12-18-11-5-2/h15-18H,4-14H2,1-3H3. The first-order valence-electron chi connectivity index (χ1n) is 8.73. The van der Waals surface area contributed by atoms with E-state index in [4.69, 9.17) is 9.47 Å². The summed E-state index contributed by atoms with van der Waals surface area (Å²) in [7, 11) is 0. The van der Waals surface area contributed by atoms with Gasteiger partial charge in [0.1, 0.15) is 0 Å². The molecule has 1 N–H and O–H groups in total. The topological polar surface area (TPSA) is 30.5 Å². The Hall–Kier alpha value is -0.120. The molecular formula is C17H35NO2. The molecule has 0 aromatic heterocycles. The van der Waals surface area contributed by atoms with E-state index in [2.05, 4.69) is 26.1 Å². The van der Waals surface area contributed by atoms with E-state index in [1.54, 1.807) is 0 Å². The summed E-state index contributed by atoms with van der Waals surface area (Å²) in [6, 6.07) is 0. The van der Waals surface area contributed by atoms with Crippen molar-refractivity contribution in [3.63, 3.8) is 0 Å². The van der Waals surface area contributed by atoms with Gasteiger partial charge in [-0.15, -0.1) is 0 Å². The average molecular weight is 285 g/mol. The molecule has 1 aliphatic heterocycles. The van der Waals surface area contributed by atoms with E-state index in [1.807, 2.05) is 0 Å². The third kappa shape index (κ3) is 7.61. The van der Waals surface area contributed by atoms with Crippen molar-refractivity contribution >= 4 is 0 Å². The van der Waals surface area contributed by atoms with Crippen LogP contribution in [0.2, 0.25) is 0 Å². The molecule has 3 heteroatoms. The number of ether oxygens (including phenoxy) is 2.